The number of nitrogens with zero attached hydrogens (tertiary/aromatic N) is 1. The van der Waals surface area contributed by atoms with Crippen LogP contribution in [-0.4, -0.2) is 40.4 Å². The van der Waals surface area contributed by atoms with Crippen LogP contribution in [0.4, 0.5) is 4.79 Å². The SMILES string of the molecule is O=C1C=CC2CN(C(=O)OCc3ccccc3)C(C(=O)O)C12. The van der Waals surface area contributed by atoms with Crippen molar-refractivity contribution in [3.8, 4) is 0 Å². The van der Waals surface area contributed by atoms with Gasteiger partial charge in [0.25, 0.3) is 0 Å². The zero-order valence-electron chi connectivity index (χ0n) is 11.7. The van der Waals surface area contributed by atoms with Crippen LogP contribution < -0.4 is 0 Å². The van der Waals surface area contributed by atoms with Crippen LogP contribution in [0.15, 0.2) is 42.5 Å². The zero-order valence-corrected chi connectivity index (χ0v) is 11.7. The van der Waals surface area contributed by atoms with Gasteiger partial charge in [-0.05, 0) is 11.6 Å². The summed E-state index contributed by atoms with van der Waals surface area (Å²) in [5, 5.41) is 9.35. The molecular weight excluding hydrogens is 286 g/mol. The number of rotatable bonds is 3. The Morgan fingerprint density at radius 2 is 2.00 bits per heavy atom. The van der Waals surface area contributed by atoms with E-state index in [1.54, 1.807) is 6.08 Å². The number of carboxylic acid groups (broad SMARTS) is 1. The standard InChI is InChI=1S/C16H15NO5/c18-12-7-6-11-8-17(14(13(11)12)15(19)20)16(21)22-9-10-4-2-1-3-5-10/h1-7,11,13-14H,8-9H2,(H,19,20). The van der Waals surface area contributed by atoms with Gasteiger partial charge in [-0.2, -0.15) is 0 Å². The van der Waals surface area contributed by atoms with Crippen LogP contribution in [0.25, 0.3) is 0 Å². The fourth-order valence-corrected chi connectivity index (χ4v) is 3.04. The van der Waals surface area contributed by atoms with E-state index in [1.165, 1.54) is 6.08 Å². The Bertz CT molecular complexity index is 639. The van der Waals surface area contributed by atoms with Crippen molar-refractivity contribution in [2.75, 3.05) is 6.54 Å². The van der Waals surface area contributed by atoms with Crippen molar-refractivity contribution in [2.45, 2.75) is 12.6 Å². The lowest BCUT2D eigenvalue weighted by Crippen LogP contribution is -2.44. The number of fused-ring (bicyclic) bond motifs is 1. The third-order valence-electron chi connectivity index (χ3n) is 4.07. The smallest absolute Gasteiger partial charge is 0.410 e. The molecule has 0 radical (unpaired) electrons. The van der Waals surface area contributed by atoms with Gasteiger partial charge in [0.15, 0.2) is 5.78 Å². The molecule has 0 aromatic heterocycles. The van der Waals surface area contributed by atoms with Crippen molar-refractivity contribution in [2.24, 2.45) is 11.8 Å². The Kier molecular flexibility index (Phi) is 3.66. The van der Waals surface area contributed by atoms with Gasteiger partial charge in [0.2, 0.25) is 0 Å². The van der Waals surface area contributed by atoms with Crippen LogP contribution in [0.1, 0.15) is 5.56 Å². The van der Waals surface area contributed by atoms with E-state index in [-0.39, 0.29) is 24.9 Å². The third-order valence-corrected chi connectivity index (χ3v) is 4.07. The molecule has 3 unspecified atom stereocenters. The number of carbonyl (C=O) groups excluding carboxylic acids is 2. The predicted octanol–water partition coefficient (Wildman–Crippen LogP) is 1.46. The summed E-state index contributed by atoms with van der Waals surface area (Å²) in [5.74, 6) is -2.35. The highest BCUT2D eigenvalue weighted by Gasteiger charge is 2.52. The molecule has 1 aliphatic heterocycles. The number of allylic oxidation sites excluding steroid dienone is 1. The molecule has 1 heterocycles. The molecule has 0 saturated carbocycles. The molecule has 1 amide bonds. The molecule has 3 atom stereocenters. The van der Waals surface area contributed by atoms with E-state index in [0.29, 0.717) is 0 Å². The Morgan fingerprint density at radius 3 is 2.68 bits per heavy atom. The molecule has 1 fully saturated rings. The van der Waals surface area contributed by atoms with E-state index < -0.39 is 24.0 Å². The maximum atomic E-state index is 12.2. The van der Waals surface area contributed by atoms with Crippen LogP contribution in [0.3, 0.4) is 0 Å². The summed E-state index contributed by atoms with van der Waals surface area (Å²) in [4.78, 5) is 36.6. The number of hydrogen-bond acceptors (Lipinski definition) is 4. The summed E-state index contributed by atoms with van der Waals surface area (Å²) < 4.78 is 5.18. The van der Waals surface area contributed by atoms with Crippen LogP contribution in [-0.2, 0) is 20.9 Å². The number of benzene rings is 1. The molecule has 3 rings (SSSR count). The molecule has 0 bridgehead atoms. The molecule has 6 heteroatoms. The molecule has 2 aliphatic rings. The number of hydrogen-bond donors (Lipinski definition) is 1. The number of carboxylic acids is 1. The van der Waals surface area contributed by atoms with Crippen molar-refractivity contribution in [1.82, 2.24) is 4.90 Å². The lowest BCUT2D eigenvalue weighted by Gasteiger charge is -2.22. The minimum absolute atomic E-state index is 0.0711. The first-order valence-corrected chi connectivity index (χ1v) is 7.00. The summed E-state index contributed by atoms with van der Waals surface area (Å²) in [5.41, 5.74) is 0.818. The van der Waals surface area contributed by atoms with Gasteiger partial charge in [-0.3, -0.25) is 9.69 Å². The van der Waals surface area contributed by atoms with Crippen molar-refractivity contribution in [1.29, 1.82) is 0 Å². The van der Waals surface area contributed by atoms with E-state index in [2.05, 4.69) is 0 Å². The van der Waals surface area contributed by atoms with Gasteiger partial charge in [-0.25, -0.2) is 9.59 Å². The molecule has 1 aliphatic carbocycles. The Morgan fingerprint density at radius 1 is 1.27 bits per heavy atom. The first kappa shape index (κ1) is 14.3. The summed E-state index contributed by atoms with van der Waals surface area (Å²) in [6.45, 7) is 0.263. The van der Waals surface area contributed by atoms with Gasteiger partial charge in [0.05, 0.1) is 5.92 Å². The molecule has 6 nitrogen and oxygen atoms in total. The second kappa shape index (κ2) is 5.63. The average molecular weight is 301 g/mol. The topological polar surface area (TPSA) is 83.9 Å². The van der Waals surface area contributed by atoms with Gasteiger partial charge < -0.3 is 9.84 Å². The van der Waals surface area contributed by atoms with Crippen molar-refractivity contribution < 1.29 is 24.2 Å². The highest BCUT2D eigenvalue weighted by molar-refractivity contribution is 6.00. The van der Waals surface area contributed by atoms with E-state index in [9.17, 15) is 19.5 Å². The van der Waals surface area contributed by atoms with Crippen molar-refractivity contribution in [3.63, 3.8) is 0 Å². The Labute approximate surface area is 127 Å². The number of likely N-dealkylation sites (tertiary alicyclic amines) is 1. The van der Waals surface area contributed by atoms with Crippen molar-refractivity contribution in [3.05, 3.63) is 48.0 Å². The van der Waals surface area contributed by atoms with E-state index in [1.807, 2.05) is 30.3 Å². The van der Waals surface area contributed by atoms with E-state index in [4.69, 9.17) is 4.74 Å². The number of aliphatic carboxylic acids is 1. The normalized spacial score (nSPS) is 26.1. The fourth-order valence-electron chi connectivity index (χ4n) is 3.04. The molecule has 1 aromatic rings. The van der Waals surface area contributed by atoms with E-state index in [0.717, 1.165) is 10.5 Å². The Balaban J connectivity index is 1.70. The molecule has 1 saturated heterocycles. The molecular formula is C16H15NO5. The molecule has 0 spiro atoms. The fraction of sp³-hybridized carbons (Fsp3) is 0.312. The van der Waals surface area contributed by atoms with Gasteiger partial charge >= 0.3 is 12.1 Å². The van der Waals surface area contributed by atoms with Gasteiger partial charge in [0.1, 0.15) is 12.6 Å². The lowest BCUT2D eigenvalue weighted by atomic mass is 9.92. The predicted molar refractivity (Wildman–Crippen MR) is 75.9 cm³/mol. The lowest BCUT2D eigenvalue weighted by molar-refractivity contribution is -0.144. The molecule has 22 heavy (non-hydrogen) atoms. The average Bonchev–Trinajstić information content (AvgIpc) is 3.06. The summed E-state index contributed by atoms with van der Waals surface area (Å²) in [6, 6.07) is 7.97. The zero-order chi connectivity index (χ0) is 15.7. The summed E-state index contributed by atoms with van der Waals surface area (Å²) in [7, 11) is 0. The van der Waals surface area contributed by atoms with Crippen molar-refractivity contribution >= 4 is 17.8 Å². The highest BCUT2D eigenvalue weighted by Crippen LogP contribution is 2.36. The van der Waals surface area contributed by atoms with E-state index >= 15 is 0 Å². The maximum Gasteiger partial charge on any atom is 0.410 e. The number of amides is 1. The minimum Gasteiger partial charge on any atom is -0.480 e. The first-order valence-electron chi connectivity index (χ1n) is 7.00. The van der Waals surface area contributed by atoms with Crippen LogP contribution in [0.2, 0.25) is 0 Å². The second-order valence-electron chi connectivity index (χ2n) is 5.43. The number of carbonyl (C=O) groups is 3. The monoisotopic (exact) mass is 301 g/mol. The highest BCUT2D eigenvalue weighted by atomic mass is 16.6. The quantitative estimate of drug-likeness (QED) is 0.913. The van der Waals surface area contributed by atoms with Crippen LogP contribution >= 0.6 is 0 Å². The Hall–Kier alpha value is -2.63. The largest absolute Gasteiger partial charge is 0.480 e. The molecule has 1 aromatic carbocycles. The van der Waals surface area contributed by atoms with Crippen LogP contribution in [0.5, 0.6) is 0 Å². The van der Waals surface area contributed by atoms with Gasteiger partial charge in [0, 0.05) is 12.5 Å². The molecule has 114 valence electrons. The number of ether oxygens (including phenoxy) is 1. The number of ketones is 1. The summed E-state index contributed by atoms with van der Waals surface area (Å²) >= 11 is 0. The van der Waals surface area contributed by atoms with Gasteiger partial charge in [-0.1, -0.05) is 36.4 Å². The minimum atomic E-state index is -1.18. The maximum absolute atomic E-state index is 12.2. The second-order valence-corrected chi connectivity index (χ2v) is 5.43. The first-order chi connectivity index (χ1) is 10.6. The summed E-state index contributed by atoms with van der Waals surface area (Å²) in [6.07, 6.45) is 2.37. The van der Waals surface area contributed by atoms with Gasteiger partial charge in [-0.15, -0.1) is 0 Å². The molecule has 1 N–H and O–H groups in total. The van der Waals surface area contributed by atoms with Crippen LogP contribution in [0, 0.1) is 11.8 Å². The third kappa shape index (κ3) is 2.47.